The van der Waals surface area contributed by atoms with Crippen molar-refractivity contribution in [3.8, 4) is 5.75 Å². The van der Waals surface area contributed by atoms with Crippen molar-refractivity contribution in [1.82, 2.24) is 9.78 Å². The second kappa shape index (κ2) is 10.8. The van der Waals surface area contributed by atoms with Crippen molar-refractivity contribution in [2.75, 3.05) is 11.9 Å². The van der Waals surface area contributed by atoms with Crippen LogP contribution < -0.4 is 10.1 Å². The molecule has 0 unspecified atom stereocenters. The number of para-hydroxylation sites is 2. The van der Waals surface area contributed by atoms with Gasteiger partial charge in [-0.1, -0.05) is 42.5 Å². The lowest BCUT2D eigenvalue weighted by Crippen LogP contribution is -2.29. The van der Waals surface area contributed by atoms with Crippen molar-refractivity contribution in [2.45, 2.75) is 26.5 Å². The highest BCUT2D eigenvalue weighted by Gasteiger charge is 2.18. The monoisotopic (exact) mass is 419 g/mol. The molecule has 160 valence electrons. The average molecular weight is 419 g/mol. The molecule has 7 nitrogen and oxygen atoms in total. The normalized spacial score (nSPS) is 11.8. The topological polar surface area (TPSA) is 82.4 Å². The lowest BCUT2D eigenvalue weighted by Gasteiger charge is -2.14. The maximum absolute atomic E-state index is 12.4. The van der Waals surface area contributed by atoms with Gasteiger partial charge >= 0.3 is 5.97 Å². The smallest absolute Gasteiger partial charge is 0.331 e. The maximum atomic E-state index is 12.4. The zero-order chi connectivity index (χ0) is 22.1. The van der Waals surface area contributed by atoms with Gasteiger partial charge in [-0.15, -0.1) is 0 Å². The molecule has 0 aliphatic rings. The van der Waals surface area contributed by atoms with E-state index in [9.17, 15) is 9.59 Å². The Kier molecular flexibility index (Phi) is 7.59. The number of hydrogen-bond donors (Lipinski definition) is 1. The van der Waals surface area contributed by atoms with Crippen LogP contribution in [0.25, 0.3) is 6.08 Å². The van der Waals surface area contributed by atoms with Crippen molar-refractivity contribution in [3.05, 3.63) is 84.2 Å². The van der Waals surface area contributed by atoms with E-state index in [1.54, 1.807) is 35.2 Å². The summed E-state index contributed by atoms with van der Waals surface area (Å²) in [7, 11) is 0. The summed E-state index contributed by atoms with van der Waals surface area (Å²) in [5, 5.41) is 7.01. The number of benzene rings is 2. The molecule has 0 saturated heterocycles. The van der Waals surface area contributed by atoms with Crippen LogP contribution in [0.3, 0.4) is 0 Å². The number of carbonyl (C=O) groups excluding carboxylic acids is 2. The number of ether oxygens (including phenoxy) is 2. The van der Waals surface area contributed by atoms with Crippen LogP contribution >= 0.6 is 0 Å². The minimum Gasteiger partial charge on any atom is -0.492 e. The lowest BCUT2D eigenvalue weighted by atomic mass is 10.2. The zero-order valence-corrected chi connectivity index (χ0v) is 17.5. The minimum atomic E-state index is -0.965. The Bertz CT molecular complexity index is 1040. The fourth-order valence-electron chi connectivity index (χ4n) is 2.84. The first-order valence-corrected chi connectivity index (χ1v) is 10.0. The third kappa shape index (κ3) is 6.57. The van der Waals surface area contributed by atoms with Gasteiger partial charge in [0.25, 0.3) is 5.91 Å². The Labute approximate surface area is 181 Å². The largest absolute Gasteiger partial charge is 0.492 e. The fraction of sp³-hybridized carbons (Fsp3) is 0.208. The van der Waals surface area contributed by atoms with Gasteiger partial charge in [-0.2, -0.15) is 5.10 Å². The van der Waals surface area contributed by atoms with Crippen LogP contribution in [0.5, 0.6) is 5.75 Å². The molecule has 0 spiro atoms. The molecule has 1 aromatic heterocycles. The molecule has 0 aliphatic heterocycles. The summed E-state index contributed by atoms with van der Waals surface area (Å²) in [5.74, 6) is -0.495. The van der Waals surface area contributed by atoms with Crippen LogP contribution in [0.15, 0.2) is 73.1 Å². The highest BCUT2D eigenvalue weighted by molar-refractivity contribution is 5.97. The quantitative estimate of drug-likeness (QED) is 0.420. The molecule has 1 N–H and O–H groups in total. The van der Waals surface area contributed by atoms with Crippen molar-refractivity contribution >= 4 is 23.6 Å². The molecule has 1 atom stereocenters. The summed E-state index contributed by atoms with van der Waals surface area (Å²) in [6.07, 6.45) is 5.41. The molecular formula is C24H25N3O4. The summed E-state index contributed by atoms with van der Waals surface area (Å²) in [4.78, 5) is 24.5. The second-order valence-electron chi connectivity index (χ2n) is 6.79. The number of anilines is 1. The predicted octanol–water partition coefficient (Wildman–Crippen LogP) is 3.91. The molecule has 7 heteroatoms. The summed E-state index contributed by atoms with van der Waals surface area (Å²) in [6, 6.07) is 17.0. The Morgan fingerprint density at radius 1 is 1.13 bits per heavy atom. The number of nitrogens with one attached hydrogen (secondary N) is 1. The van der Waals surface area contributed by atoms with E-state index in [4.69, 9.17) is 9.47 Å². The van der Waals surface area contributed by atoms with Crippen molar-refractivity contribution < 1.29 is 19.1 Å². The molecule has 3 rings (SSSR count). The third-order valence-corrected chi connectivity index (χ3v) is 4.36. The van der Waals surface area contributed by atoms with E-state index in [2.05, 4.69) is 10.4 Å². The van der Waals surface area contributed by atoms with Gasteiger partial charge in [0.05, 0.1) is 25.0 Å². The van der Waals surface area contributed by atoms with Crippen LogP contribution in [-0.4, -0.2) is 34.4 Å². The van der Waals surface area contributed by atoms with E-state index in [1.165, 1.54) is 13.0 Å². The summed E-state index contributed by atoms with van der Waals surface area (Å²) in [6.45, 7) is 4.49. The van der Waals surface area contributed by atoms with E-state index in [1.807, 2.05) is 49.5 Å². The van der Waals surface area contributed by atoms with Crippen LogP contribution in [0, 0.1) is 0 Å². The lowest BCUT2D eigenvalue weighted by molar-refractivity contribution is -0.148. The van der Waals surface area contributed by atoms with Crippen LogP contribution in [0.4, 0.5) is 5.69 Å². The highest BCUT2D eigenvalue weighted by atomic mass is 16.5. The first kappa shape index (κ1) is 21.8. The fourth-order valence-corrected chi connectivity index (χ4v) is 2.84. The molecule has 0 radical (unpaired) electrons. The van der Waals surface area contributed by atoms with Crippen LogP contribution in [0.2, 0.25) is 0 Å². The number of nitrogens with zero attached hydrogens (tertiary/aromatic N) is 2. The molecule has 0 aliphatic carbocycles. The summed E-state index contributed by atoms with van der Waals surface area (Å²) >= 11 is 0. The number of hydrogen-bond acceptors (Lipinski definition) is 5. The standard InChI is InChI=1S/C24H25N3O4/c1-3-30-22-12-8-7-11-21(22)26-24(29)18(2)31-23(28)14-13-20-15-25-27(17-20)16-19-9-5-4-6-10-19/h4-15,17-18H,3,16H2,1-2H3,(H,26,29)/b14-13+/t18-/m0/s1. The molecule has 0 saturated carbocycles. The predicted molar refractivity (Wildman–Crippen MR) is 119 cm³/mol. The molecule has 31 heavy (non-hydrogen) atoms. The number of esters is 1. The van der Waals surface area contributed by atoms with Crippen molar-refractivity contribution in [3.63, 3.8) is 0 Å². The molecule has 1 amide bonds. The van der Waals surface area contributed by atoms with Gasteiger partial charge in [0.15, 0.2) is 6.10 Å². The van der Waals surface area contributed by atoms with Crippen LogP contribution in [-0.2, 0) is 20.9 Å². The van der Waals surface area contributed by atoms with E-state index in [-0.39, 0.29) is 0 Å². The number of carbonyl (C=O) groups is 2. The molecule has 0 fully saturated rings. The van der Waals surface area contributed by atoms with Crippen LogP contribution in [0.1, 0.15) is 25.0 Å². The Morgan fingerprint density at radius 2 is 1.87 bits per heavy atom. The van der Waals surface area contributed by atoms with Gasteiger partial charge in [-0.3, -0.25) is 9.48 Å². The zero-order valence-electron chi connectivity index (χ0n) is 17.5. The molecular weight excluding hydrogens is 394 g/mol. The number of amides is 1. The van der Waals surface area contributed by atoms with E-state index in [0.29, 0.717) is 24.6 Å². The van der Waals surface area contributed by atoms with Gasteiger partial charge in [0.2, 0.25) is 0 Å². The highest BCUT2D eigenvalue weighted by Crippen LogP contribution is 2.23. The van der Waals surface area contributed by atoms with E-state index >= 15 is 0 Å². The molecule has 3 aromatic rings. The van der Waals surface area contributed by atoms with Gasteiger partial charge < -0.3 is 14.8 Å². The molecule has 1 heterocycles. The van der Waals surface area contributed by atoms with E-state index < -0.39 is 18.0 Å². The van der Waals surface area contributed by atoms with Gasteiger partial charge in [0, 0.05) is 17.8 Å². The Balaban J connectivity index is 1.52. The SMILES string of the molecule is CCOc1ccccc1NC(=O)[C@H](C)OC(=O)/C=C/c1cnn(Cc2ccccc2)c1. The first-order valence-electron chi connectivity index (χ1n) is 10.0. The van der Waals surface area contributed by atoms with Crippen molar-refractivity contribution in [2.24, 2.45) is 0 Å². The Morgan fingerprint density at radius 3 is 2.65 bits per heavy atom. The summed E-state index contributed by atoms with van der Waals surface area (Å²) in [5.41, 5.74) is 2.42. The second-order valence-corrected chi connectivity index (χ2v) is 6.79. The number of aromatic nitrogens is 2. The molecule has 0 bridgehead atoms. The minimum absolute atomic E-state index is 0.440. The van der Waals surface area contributed by atoms with Gasteiger partial charge in [0.1, 0.15) is 5.75 Å². The Hall–Kier alpha value is -3.87. The third-order valence-electron chi connectivity index (χ3n) is 4.36. The molecule has 2 aromatic carbocycles. The first-order chi connectivity index (χ1) is 15.0. The van der Waals surface area contributed by atoms with E-state index in [0.717, 1.165) is 11.1 Å². The average Bonchev–Trinajstić information content (AvgIpc) is 3.22. The van der Waals surface area contributed by atoms with Gasteiger partial charge in [-0.05, 0) is 37.6 Å². The van der Waals surface area contributed by atoms with Crippen molar-refractivity contribution in [1.29, 1.82) is 0 Å². The van der Waals surface area contributed by atoms with Gasteiger partial charge in [-0.25, -0.2) is 4.79 Å². The summed E-state index contributed by atoms with van der Waals surface area (Å²) < 4.78 is 12.5. The number of rotatable bonds is 9. The maximum Gasteiger partial charge on any atom is 0.331 e.